The van der Waals surface area contributed by atoms with Crippen LogP contribution in [-0.2, 0) is 26.4 Å². The molecule has 0 saturated carbocycles. The van der Waals surface area contributed by atoms with Gasteiger partial charge in [0, 0.05) is 12.6 Å². The van der Waals surface area contributed by atoms with Gasteiger partial charge in [-0.25, -0.2) is 4.98 Å². The molecule has 1 aliphatic rings. The van der Waals surface area contributed by atoms with E-state index in [1.54, 1.807) is 4.68 Å². The minimum absolute atomic E-state index is 0.425. The van der Waals surface area contributed by atoms with Crippen molar-refractivity contribution < 1.29 is 0 Å². The van der Waals surface area contributed by atoms with E-state index in [2.05, 4.69) is 28.3 Å². The van der Waals surface area contributed by atoms with E-state index in [0.717, 1.165) is 17.2 Å². The molecule has 3 rings (SSSR count). The lowest BCUT2D eigenvalue weighted by Crippen LogP contribution is -2.05. The van der Waals surface area contributed by atoms with E-state index in [1.165, 1.54) is 30.4 Å². The van der Waals surface area contributed by atoms with Gasteiger partial charge in [-0.05, 0) is 36.5 Å². The summed E-state index contributed by atoms with van der Waals surface area (Å²) in [4.78, 5) is 4.45. The van der Waals surface area contributed by atoms with Crippen LogP contribution >= 0.6 is 0 Å². The minimum atomic E-state index is 0.425. The van der Waals surface area contributed by atoms with E-state index < -0.39 is 0 Å². The van der Waals surface area contributed by atoms with Gasteiger partial charge in [-0.1, -0.05) is 12.1 Å². The molecule has 1 aromatic heterocycles. The second-order valence-corrected chi connectivity index (χ2v) is 4.52. The van der Waals surface area contributed by atoms with Gasteiger partial charge >= 0.3 is 0 Å². The molecule has 0 aliphatic heterocycles. The molecule has 0 bridgehead atoms. The molecule has 4 heteroatoms. The summed E-state index contributed by atoms with van der Waals surface area (Å²) in [5, 5.41) is 4.40. The molecule has 0 unspecified atom stereocenters. The highest BCUT2D eigenvalue weighted by Gasteiger charge is 2.14. The summed E-state index contributed by atoms with van der Waals surface area (Å²) in [5.41, 5.74) is 9.63. The number of hydrogen-bond acceptors (Lipinski definition) is 3. The molecule has 2 aromatic rings. The van der Waals surface area contributed by atoms with Gasteiger partial charge in [-0.3, -0.25) is 4.68 Å². The number of nitrogens with two attached hydrogens (primary N) is 1. The summed E-state index contributed by atoms with van der Waals surface area (Å²) in [6.45, 7) is 0.425. The number of aryl methyl sites for hydroxylation is 3. The first-order chi connectivity index (χ1) is 8.28. The molecule has 4 nitrogen and oxygen atoms in total. The van der Waals surface area contributed by atoms with Gasteiger partial charge in [0.05, 0.1) is 6.54 Å². The highest BCUT2D eigenvalue weighted by Crippen LogP contribution is 2.26. The third-order valence-corrected chi connectivity index (χ3v) is 3.39. The Kier molecular flexibility index (Phi) is 2.44. The van der Waals surface area contributed by atoms with Crippen LogP contribution in [0.3, 0.4) is 0 Å². The minimum Gasteiger partial charge on any atom is -0.324 e. The topological polar surface area (TPSA) is 56.7 Å². The molecular weight excluding hydrogens is 212 g/mol. The average molecular weight is 228 g/mol. The SMILES string of the molecule is Cn1nc(-c2ccc3c(c2)CCC3)nc1CN. The maximum absolute atomic E-state index is 5.61. The zero-order valence-corrected chi connectivity index (χ0v) is 9.98. The molecule has 88 valence electrons. The van der Waals surface area contributed by atoms with E-state index in [1.807, 2.05) is 7.05 Å². The van der Waals surface area contributed by atoms with Gasteiger partial charge < -0.3 is 5.73 Å². The smallest absolute Gasteiger partial charge is 0.181 e. The Morgan fingerprint density at radius 1 is 1.29 bits per heavy atom. The van der Waals surface area contributed by atoms with Crippen molar-refractivity contribution in [3.05, 3.63) is 35.2 Å². The fourth-order valence-corrected chi connectivity index (χ4v) is 2.43. The second-order valence-electron chi connectivity index (χ2n) is 4.52. The Morgan fingerprint density at radius 2 is 2.12 bits per heavy atom. The average Bonchev–Trinajstić information content (AvgIpc) is 2.93. The van der Waals surface area contributed by atoms with Crippen LogP contribution in [0.5, 0.6) is 0 Å². The molecule has 17 heavy (non-hydrogen) atoms. The normalized spacial score (nSPS) is 14.0. The third-order valence-electron chi connectivity index (χ3n) is 3.39. The molecule has 1 heterocycles. The molecule has 0 atom stereocenters. The zero-order valence-electron chi connectivity index (χ0n) is 9.98. The van der Waals surface area contributed by atoms with E-state index in [-0.39, 0.29) is 0 Å². The highest BCUT2D eigenvalue weighted by atomic mass is 15.3. The van der Waals surface area contributed by atoms with Crippen molar-refractivity contribution in [2.75, 3.05) is 0 Å². The quantitative estimate of drug-likeness (QED) is 0.846. The summed E-state index contributed by atoms with van der Waals surface area (Å²) in [6, 6.07) is 6.54. The Bertz CT molecular complexity index is 557. The maximum atomic E-state index is 5.61. The first-order valence-corrected chi connectivity index (χ1v) is 6.00. The number of nitrogens with zero attached hydrogens (tertiary/aromatic N) is 3. The molecule has 1 aromatic carbocycles. The van der Waals surface area contributed by atoms with E-state index in [9.17, 15) is 0 Å². The zero-order chi connectivity index (χ0) is 11.8. The molecule has 2 N–H and O–H groups in total. The Morgan fingerprint density at radius 3 is 2.88 bits per heavy atom. The first kappa shape index (κ1) is 10.5. The van der Waals surface area contributed by atoms with Gasteiger partial charge in [-0.2, -0.15) is 5.10 Å². The van der Waals surface area contributed by atoms with Crippen LogP contribution in [-0.4, -0.2) is 14.8 Å². The fourth-order valence-electron chi connectivity index (χ4n) is 2.43. The van der Waals surface area contributed by atoms with Crippen molar-refractivity contribution in [1.82, 2.24) is 14.8 Å². The third kappa shape index (κ3) is 1.74. The summed E-state index contributed by atoms with van der Waals surface area (Å²) in [6.07, 6.45) is 3.65. The molecule has 1 aliphatic carbocycles. The Hall–Kier alpha value is -1.68. The monoisotopic (exact) mass is 228 g/mol. The van der Waals surface area contributed by atoms with Crippen LogP contribution in [0.15, 0.2) is 18.2 Å². The van der Waals surface area contributed by atoms with Gasteiger partial charge in [0.1, 0.15) is 5.82 Å². The number of fused-ring (bicyclic) bond motifs is 1. The maximum Gasteiger partial charge on any atom is 0.181 e. The van der Waals surface area contributed by atoms with Gasteiger partial charge in [-0.15, -0.1) is 0 Å². The predicted octanol–water partition coefficient (Wildman–Crippen LogP) is 1.43. The summed E-state index contributed by atoms with van der Waals surface area (Å²) in [5.74, 6) is 1.60. The van der Waals surface area contributed by atoms with Crippen molar-refractivity contribution in [3.8, 4) is 11.4 Å². The van der Waals surface area contributed by atoms with E-state index in [4.69, 9.17) is 5.73 Å². The largest absolute Gasteiger partial charge is 0.324 e. The Balaban J connectivity index is 2.03. The number of rotatable bonds is 2. The lowest BCUT2D eigenvalue weighted by Gasteiger charge is -2.00. The molecule has 0 fully saturated rings. The first-order valence-electron chi connectivity index (χ1n) is 6.00. The molecule has 0 radical (unpaired) electrons. The van der Waals surface area contributed by atoms with E-state index >= 15 is 0 Å². The van der Waals surface area contributed by atoms with Crippen LogP contribution in [0.25, 0.3) is 11.4 Å². The molecule has 0 saturated heterocycles. The highest BCUT2D eigenvalue weighted by molar-refractivity contribution is 5.58. The standard InChI is InChI=1S/C13H16N4/c1-17-12(8-14)15-13(16-17)11-6-5-9-3-2-4-10(9)7-11/h5-7H,2-4,8,14H2,1H3. The summed E-state index contributed by atoms with van der Waals surface area (Å²) < 4.78 is 1.75. The summed E-state index contributed by atoms with van der Waals surface area (Å²) >= 11 is 0. The lowest BCUT2D eigenvalue weighted by molar-refractivity contribution is 0.703. The lowest BCUT2D eigenvalue weighted by atomic mass is 10.1. The van der Waals surface area contributed by atoms with Gasteiger partial charge in [0.2, 0.25) is 0 Å². The fraction of sp³-hybridized carbons (Fsp3) is 0.385. The van der Waals surface area contributed by atoms with Crippen molar-refractivity contribution in [1.29, 1.82) is 0 Å². The molecule has 0 amide bonds. The molecular formula is C13H16N4. The van der Waals surface area contributed by atoms with Crippen molar-refractivity contribution in [3.63, 3.8) is 0 Å². The van der Waals surface area contributed by atoms with Crippen LogP contribution in [0.1, 0.15) is 23.4 Å². The number of aromatic nitrogens is 3. The predicted molar refractivity (Wildman–Crippen MR) is 66.4 cm³/mol. The second kappa shape index (κ2) is 3.96. The number of hydrogen-bond donors (Lipinski definition) is 1. The van der Waals surface area contributed by atoms with Crippen LogP contribution in [0, 0.1) is 0 Å². The van der Waals surface area contributed by atoms with E-state index in [0.29, 0.717) is 6.54 Å². The van der Waals surface area contributed by atoms with Crippen molar-refractivity contribution in [2.24, 2.45) is 12.8 Å². The summed E-state index contributed by atoms with van der Waals surface area (Å²) in [7, 11) is 1.88. The number of benzene rings is 1. The Labute approximate surface area is 100 Å². The van der Waals surface area contributed by atoms with Crippen LogP contribution in [0.4, 0.5) is 0 Å². The van der Waals surface area contributed by atoms with Crippen LogP contribution < -0.4 is 5.73 Å². The van der Waals surface area contributed by atoms with Gasteiger partial charge in [0.25, 0.3) is 0 Å². The molecule has 0 spiro atoms. The van der Waals surface area contributed by atoms with Crippen molar-refractivity contribution >= 4 is 0 Å². The van der Waals surface area contributed by atoms with Crippen molar-refractivity contribution in [2.45, 2.75) is 25.8 Å². The van der Waals surface area contributed by atoms with Gasteiger partial charge in [0.15, 0.2) is 5.82 Å². The van der Waals surface area contributed by atoms with Crippen LogP contribution in [0.2, 0.25) is 0 Å².